The van der Waals surface area contributed by atoms with Crippen molar-refractivity contribution in [2.24, 2.45) is 0 Å². The largest absolute Gasteiger partial charge is 0.389 e. The van der Waals surface area contributed by atoms with Crippen LogP contribution < -0.4 is 5.32 Å². The van der Waals surface area contributed by atoms with E-state index in [1.807, 2.05) is 6.26 Å². The fourth-order valence-electron chi connectivity index (χ4n) is 1.12. The maximum Gasteiger partial charge on any atom is 0.0897 e. The van der Waals surface area contributed by atoms with Crippen molar-refractivity contribution in [1.82, 2.24) is 5.32 Å². The second-order valence-electron chi connectivity index (χ2n) is 3.67. The molecule has 2 unspecified atom stereocenters. The van der Waals surface area contributed by atoms with Crippen molar-refractivity contribution in [3.8, 4) is 0 Å². The van der Waals surface area contributed by atoms with Crippen molar-refractivity contribution in [3.63, 3.8) is 0 Å². The van der Waals surface area contributed by atoms with Gasteiger partial charge in [-0.2, -0.15) is 11.8 Å². The summed E-state index contributed by atoms with van der Waals surface area (Å²) in [6.45, 7) is 3.02. The van der Waals surface area contributed by atoms with Crippen molar-refractivity contribution < 1.29 is 14.9 Å². The average Bonchev–Trinajstić information content (AvgIpc) is 2.03. The third kappa shape index (κ3) is 7.58. The van der Waals surface area contributed by atoms with Gasteiger partial charge in [0.15, 0.2) is 0 Å². The van der Waals surface area contributed by atoms with Gasteiger partial charge in [-0.1, -0.05) is 0 Å². The molecule has 3 N–H and O–H groups in total. The highest BCUT2D eigenvalue weighted by Gasteiger charge is 2.19. The van der Waals surface area contributed by atoms with Gasteiger partial charge in [-0.3, -0.25) is 0 Å². The minimum absolute atomic E-state index is 0.317. The van der Waals surface area contributed by atoms with Gasteiger partial charge in [0.05, 0.1) is 18.3 Å². The zero-order valence-electron chi connectivity index (χ0n) is 9.12. The minimum atomic E-state index is -0.716. The van der Waals surface area contributed by atoms with Gasteiger partial charge in [-0.25, -0.2) is 0 Å². The lowest BCUT2D eigenvalue weighted by atomic mass is 10.1. The number of hydrogen-bond donors (Lipinski definition) is 3. The van der Waals surface area contributed by atoms with Crippen molar-refractivity contribution in [1.29, 1.82) is 0 Å². The van der Waals surface area contributed by atoms with Crippen LogP contribution >= 0.6 is 11.8 Å². The molecular formula is C9H21NO3S. The summed E-state index contributed by atoms with van der Waals surface area (Å²) < 4.78 is 4.78. The lowest BCUT2D eigenvalue weighted by Crippen LogP contribution is -2.43. The van der Waals surface area contributed by atoms with E-state index in [1.165, 1.54) is 0 Å². The molecule has 0 aromatic heterocycles. The fourth-order valence-corrected chi connectivity index (χ4v) is 1.85. The summed E-state index contributed by atoms with van der Waals surface area (Å²) in [6.07, 6.45) is 1.44. The van der Waals surface area contributed by atoms with Gasteiger partial charge in [0.2, 0.25) is 0 Å². The second-order valence-corrected chi connectivity index (χ2v) is 4.54. The maximum atomic E-state index is 9.76. The molecule has 0 rings (SSSR count). The Balaban J connectivity index is 3.51. The van der Waals surface area contributed by atoms with E-state index in [9.17, 15) is 10.2 Å². The van der Waals surface area contributed by atoms with Gasteiger partial charge in [0.25, 0.3) is 0 Å². The Hall–Kier alpha value is 0.190. The van der Waals surface area contributed by atoms with Crippen LogP contribution in [0.3, 0.4) is 0 Å². The first-order chi connectivity index (χ1) is 6.52. The smallest absolute Gasteiger partial charge is 0.0897 e. The molecule has 0 fully saturated rings. The molecular weight excluding hydrogens is 202 g/mol. The summed E-state index contributed by atoms with van der Waals surface area (Å²) in [7, 11) is 1.55. The molecule has 0 aliphatic rings. The van der Waals surface area contributed by atoms with E-state index in [0.29, 0.717) is 25.4 Å². The van der Waals surface area contributed by atoms with Crippen LogP contribution in [0.15, 0.2) is 0 Å². The molecule has 0 radical (unpaired) electrons. The van der Waals surface area contributed by atoms with E-state index in [-0.39, 0.29) is 0 Å². The zero-order valence-corrected chi connectivity index (χ0v) is 9.93. The Bertz CT molecular complexity index is 144. The molecule has 0 saturated heterocycles. The number of hydrogen-bond acceptors (Lipinski definition) is 5. The molecule has 86 valence electrons. The normalized spacial score (nSPS) is 17.8. The topological polar surface area (TPSA) is 61.7 Å². The molecule has 0 aromatic rings. The summed E-state index contributed by atoms with van der Waals surface area (Å²) in [5.74, 6) is 0.681. The summed E-state index contributed by atoms with van der Waals surface area (Å²) in [4.78, 5) is 0. The number of ether oxygens (including phenoxy) is 1. The van der Waals surface area contributed by atoms with Gasteiger partial charge in [0.1, 0.15) is 0 Å². The number of thioether (sulfide) groups is 1. The minimum Gasteiger partial charge on any atom is -0.389 e. The molecule has 0 aromatic carbocycles. The van der Waals surface area contributed by atoms with Crippen LogP contribution in [0.4, 0.5) is 0 Å². The van der Waals surface area contributed by atoms with Crippen LogP contribution in [0.2, 0.25) is 0 Å². The molecule has 0 saturated carbocycles. The summed E-state index contributed by atoms with van der Waals surface area (Å²) >= 11 is 1.60. The Morgan fingerprint density at radius 3 is 2.71 bits per heavy atom. The Kier molecular flexibility index (Phi) is 7.58. The van der Waals surface area contributed by atoms with E-state index in [1.54, 1.807) is 25.8 Å². The average molecular weight is 223 g/mol. The Morgan fingerprint density at radius 1 is 1.57 bits per heavy atom. The predicted octanol–water partition coefficient (Wildman–Crippen LogP) is -0.303. The van der Waals surface area contributed by atoms with Gasteiger partial charge in [0, 0.05) is 26.0 Å². The molecule has 0 aliphatic heterocycles. The first-order valence-corrected chi connectivity index (χ1v) is 6.00. The molecule has 0 aliphatic carbocycles. The van der Waals surface area contributed by atoms with Gasteiger partial charge < -0.3 is 20.3 Å². The van der Waals surface area contributed by atoms with Crippen LogP contribution in [0.1, 0.15) is 6.92 Å². The zero-order chi connectivity index (χ0) is 11.0. The van der Waals surface area contributed by atoms with Crippen molar-refractivity contribution >= 4 is 11.8 Å². The molecule has 5 heteroatoms. The summed E-state index contributed by atoms with van der Waals surface area (Å²) in [6, 6.07) is 0. The van der Waals surface area contributed by atoms with E-state index < -0.39 is 11.7 Å². The molecule has 0 heterocycles. The standard InChI is InChI=1S/C9H21NO3S/c1-9(12,7-14-3)6-10-4-8(11)5-13-2/h8,10-12H,4-7H2,1-3H3. The number of methoxy groups -OCH3 is 1. The van der Waals surface area contributed by atoms with Crippen molar-refractivity contribution in [3.05, 3.63) is 0 Å². The van der Waals surface area contributed by atoms with Crippen LogP contribution in [0, 0.1) is 0 Å². The molecule has 0 spiro atoms. The Morgan fingerprint density at radius 2 is 2.21 bits per heavy atom. The van der Waals surface area contributed by atoms with Crippen molar-refractivity contribution in [2.75, 3.05) is 38.8 Å². The quantitative estimate of drug-likeness (QED) is 0.527. The molecule has 14 heavy (non-hydrogen) atoms. The van der Waals surface area contributed by atoms with Crippen LogP contribution in [-0.4, -0.2) is 60.7 Å². The highest BCUT2D eigenvalue weighted by Crippen LogP contribution is 2.08. The summed E-state index contributed by atoms with van der Waals surface area (Å²) in [5, 5.41) is 22.1. The highest BCUT2D eigenvalue weighted by atomic mass is 32.2. The second kappa shape index (κ2) is 7.48. The van der Waals surface area contributed by atoms with E-state index in [2.05, 4.69) is 5.32 Å². The number of aliphatic hydroxyl groups excluding tert-OH is 1. The monoisotopic (exact) mass is 223 g/mol. The lowest BCUT2D eigenvalue weighted by molar-refractivity contribution is 0.0518. The van der Waals surface area contributed by atoms with E-state index in [4.69, 9.17) is 4.74 Å². The molecule has 4 nitrogen and oxygen atoms in total. The summed E-state index contributed by atoms with van der Waals surface area (Å²) in [5.41, 5.74) is -0.716. The van der Waals surface area contributed by atoms with Crippen LogP contribution in [0.5, 0.6) is 0 Å². The van der Waals surface area contributed by atoms with Crippen LogP contribution in [0.25, 0.3) is 0 Å². The molecule has 2 atom stereocenters. The third-order valence-corrected chi connectivity index (χ3v) is 2.61. The SMILES string of the molecule is COCC(O)CNCC(C)(O)CSC. The van der Waals surface area contributed by atoms with E-state index >= 15 is 0 Å². The third-order valence-electron chi connectivity index (χ3n) is 1.70. The van der Waals surface area contributed by atoms with Gasteiger partial charge >= 0.3 is 0 Å². The molecule has 0 amide bonds. The van der Waals surface area contributed by atoms with Gasteiger partial charge in [-0.15, -0.1) is 0 Å². The fraction of sp³-hybridized carbons (Fsp3) is 1.00. The predicted molar refractivity (Wildman–Crippen MR) is 59.8 cm³/mol. The first kappa shape index (κ1) is 14.2. The van der Waals surface area contributed by atoms with Gasteiger partial charge in [-0.05, 0) is 13.2 Å². The maximum absolute atomic E-state index is 9.76. The highest BCUT2D eigenvalue weighted by molar-refractivity contribution is 7.98. The first-order valence-electron chi connectivity index (χ1n) is 4.61. The number of aliphatic hydroxyl groups is 2. The lowest BCUT2D eigenvalue weighted by Gasteiger charge is -2.23. The van der Waals surface area contributed by atoms with E-state index in [0.717, 1.165) is 0 Å². The number of rotatable bonds is 8. The van der Waals surface area contributed by atoms with Crippen LogP contribution in [-0.2, 0) is 4.74 Å². The number of nitrogens with one attached hydrogen (secondary N) is 1. The molecule has 0 bridgehead atoms. The van der Waals surface area contributed by atoms with Crippen molar-refractivity contribution in [2.45, 2.75) is 18.6 Å². The Labute approximate surface area is 90.0 Å².